The van der Waals surface area contributed by atoms with Crippen LogP contribution in [0.5, 0.6) is 0 Å². The summed E-state index contributed by atoms with van der Waals surface area (Å²) in [7, 11) is -4.08. The van der Waals surface area contributed by atoms with Gasteiger partial charge in [-0.15, -0.1) is 0 Å². The molecule has 0 aliphatic rings. The van der Waals surface area contributed by atoms with E-state index in [0.717, 1.165) is 24.3 Å². The van der Waals surface area contributed by atoms with Gasteiger partial charge in [-0.2, -0.15) is 0 Å². The van der Waals surface area contributed by atoms with Crippen molar-refractivity contribution < 1.29 is 22.3 Å². The number of nitrogens with one attached hydrogen (secondary N) is 2. The number of benzene rings is 3. The Labute approximate surface area is 188 Å². The second-order valence-corrected chi connectivity index (χ2v) is 8.80. The van der Waals surface area contributed by atoms with E-state index in [9.17, 15) is 22.4 Å². The third kappa shape index (κ3) is 4.75. The van der Waals surface area contributed by atoms with Crippen molar-refractivity contribution in [3.8, 4) is 0 Å². The number of halogens is 1. The first-order valence-electron chi connectivity index (χ1n) is 9.82. The Balaban J connectivity index is 1.58. The molecule has 1 unspecified atom stereocenters. The second-order valence-electron chi connectivity index (χ2n) is 7.12. The van der Waals surface area contributed by atoms with Gasteiger partial charge >= 0.3 is 5.97 Å². The molecular formula is C23H18FN3O5S. The summed E-state index contributed by atoms with van der Waals surface area (Å²) in [6.07, 6.45) is -0.920. The van der Waals surface area contributed by atoms with Crippen molar-refractivity contribution in [2.24, 2.45) is 0 Å². The number of carbonyl (C=O) groups excluding carboxylic acids is 1. The summed E-state index contributed by atoms with van der Waals surface area (Å²) in [5.41, 5.74) is 0.0229. The van der Waals surface area contributed by atoms with Crippen LogP contribution in [-0.2, 0) is 14.8 Å². The predicted molar refractivity (Wildman–Crippen MR) is 120 cm³/mol. The Morgan fingerprint density at radius 3 is 2.45 bits per heavy atom. The van der Waals surface area contributed by atoms with Crippen molar-refractivity contribution in [2.75, 3.05) is 4.72 Å². The quantitative estimate of drug-likeness (QED) is 0.417. The molecule has 0 radical (unpaired) electrons. The molecule has 1 atom stereocenters. The number of rotatable bonds is 6. The molecule has 4 rings (SSSR count). The zero-order chi connectivity index (χ0) is 23.6. The van der Waals surface area contributed by atoms with Gasteiger partial charge in [0.15, 0.2) is 11.9 Å². The fourth-order valence-electron chi connectivity index (χ4n) is 3.14. The molecule has 8 nitrogen and oxygen atoms in total. The zero-order valence-electron chi connectivity index (χ0n) is 17.3. The Kier molecular flexibility index (Phi) is 5.93. The maximum Gasteiger partial charge on any atom is 0.340 e. The number of H-pyrrole nitrogens is 1. The highest BCUT2D eigenvalue weighted by atomic mass is 32.2. The number of carbonyl (C=O) groups is 1. The molecule has 3 aromatic carbocycles. The molecule has 1 heterocycles. The van der Waals surface area contributed by atoms with Gasteiger partial charge in [0.2, 0.25) is 0 Å². The van der Waals surface area contributed by atoms with Gasteiger partial charge < -0.3 is 9.72 Å². The summed E-state index contributed by atoms with van der Waals surface area (Å²) in [5, 5.41) is 0.403. The topological polar surface area (TPSA) is 118 Å². The molecule has 4 aromatic rings. The van der Waals surface area contributed by atoms with Gasteiger partial charge in [-0.1, -0.05) is 24.3 Å². The highest BCUT2D eigenvalue weighted by Gasteiger charge is 2.22. The van der Waals surface area contributed by atoms with Gasteiger partial charge in [-0.3, -0.25) is 9.52 Å². The van der Waals surface area contributed by atoms with Crippen molar-refractivity contribution >= 4 is 32.6 Å². The molecule has 0 saturated heterocycles. The smallest absolute Gasteiger partial charge is 0.340 e. The average Bonchev–Trinajstić information content (AvgIpc) is 2.79. The van der Waals surface area contributed by atoms with E-state index in [1.54, 1.807) is 36.4 Å². The molecule has 168 valence electrons. The van der Waals surface area contributed by atoms with Gasteiger partial charge in [0.25, 0.3) is 15.6 Å². The third-order valence-corrected chi connectivity index (χ3v) is 6.20. The van der Waals surface area contributed by atoms with Gasteiger partial charge in [-0.05, 0) is 55.5 Å². The first-order chi connectivity index (χ1) is 15.7. The number of nitrogens with zero attached hydrogens (tertiary/aromatic N) is 1. The third-order valence-electron chi connectivity index (χ3n) is 4.82. The van der Waals surface area contributed by atoms with E-state index < -0.39 is 27.9 Å². The number of hydrogen-bond donors (Lipinski definition) is 2. The summed E-state index contributed by atoms with van der Waals surface area (Å²) in [5.74, 6) is -1.25. The molecule has 0 spiro atoms. The Morgan fingerprint density at radius 1 is 1.03 bits per heavy atom. The predicted octanol–water partition coefficient (Wildman–Crippen LogP) is 3.78. The van der Waals surface area contributed by atoms with Crippen molar-refractivity contribution in [3.63, 3.8) is 0 Å². The van der Waals surface area contributed by atoms with Crippen LogP contribution in [0.4, 0.5) is 10.1 Å². The minimum Gasteiger partial charge on any atom is -0.451 e. The SMILES string of the molecule is CC(OC(=O)c1ccccc1NS(=O)(=O)c1ccc(F)cc1)c1nc2ccccc2c(=O)[nH]1. The molecule has 2 N–H and O–H groups in total. The fraction of sp³-hybridized carbons (Fsp3) is 0.0870. The number of aromatic amines is 1. The standard InChI is InChI=1S/C23H18FN3O5S/c1-14(21-25-19-8-4-2-6-17(19)22(28)26-21)32-23(29)18-7-3-5-9-20(18)27-33(30,31)16-12-10-15(24)11-13-16/h2-14,27H,1H3,(H,25,26,28). The minimum atomic E-state index is -4.08. The number of para-hydroxylation sites is 2. The lowest BCUT2D eigenvalue weighted by molar-refractivity contribution is 0.0321. The van der Waals surface area contributed by atoms with Crippen LogP contribution in [0, 0.1) is 5.82 Å². The minimum absolute atomic E-state index is 0.0148. The lowest BCUT2D eigenvalue weighted by Crippen LogP contribution is -2.19. The van der Waals surface area contributed by atoms with Crippen LogP contribution >= 0.6 is 0 Å². The number of ether oxygens (including phenoxy) is 1. The van der Waals surface area contributed by atoms with E-state index in [-0.39, 0.29) is 27.5 Å². The number of esters is 1. The van der Waals surface area contributed by atoms with Crippen LogP contribution in [0.2, 0.25) is 0 Å². The number of aromatic nitrogens is 2. The lowest BCUT2D eigenvalue weighted by atomic mass is 10.2. The van der Waals surface area contributed by atoms with E-state index in [2.05, 4.69) is 14.7 Å². The summed E-state index contributed by atoms with van der Waals surface area (Å²) in [6.45, 7) is 1.54. The molecule has 1 aromatic heterocycles. The number of sulfonamides is 1. The van der Waals surface area contributed by atoms with Crippen LogP contribution in [-0.4, -0.2) is 24.4 Å². The molecule has 0 amide bonds. The summed E-state index contributed by atoms with van der Waals surface area (Å²) in [6, 6.07) is 16.9. The van der Waals surface area contributed by atoms with Crippen LogP contribution in [0.3, 0.4) is 0 Å². The van der Waals surface area contributed by atoms with Gasteiger partial charge in [0.05, 0.1) is 27.0 Å². The summed E-state index contributed by atoms with van der Waals surface area (Å²) >= 11 is 0. The molecule has 10 heteroatoms. The normalized spacial score (nSPS) is 12.3. The summed E-state index contributed by atoms with van der Waals surface area (Å²) in [4.78, 5) is 31.9. The fourth-order valence-corrected chi connectivity index (χ4v) is 4.22. The Morgan fingerprint density at radius 2 is 1.70 bits per heavy atom. The van der Waals surface area contributed by atoms with E-state index in [4.69, 9.17) is 4.74 Å². The van der Waals surface area contributed by atoms with Crippen molar-refractivity contribution in [3.05, 3.63) is 100 Å². The first-order valence-corrected chi connectivity index (χ1v) is 11.3. The molecule has 33 heavy (non-hydrogen) atoms. The van der Waals surface area contributed by atoms with Crippen LogP contribution in [0.1, 0.15) is 29.2 Å². The molecule has 0 saturated carbocycles. The van der Waals surface area contributed by atoms with Gasteiger partial charge in [0, 0.05) is 0 Å². The maximum absolute atomic E-state index is 13.1. The molecule has 0 aliphatic heterocycles. The van der Waals surface area contributed by atoms with E-state index in [0.29, 0.717) is 10.9 Å². The van der Waals surface area contributed by atoms with E-state index >= 15 is 0 Å². The zero-order valence-corrected chi connectivity index (χ0v) is 18.1. The molecule has 0 aliphatic carbocycles. The summed E-state index contributed by atoms with van der Waals surface area (Å²) < 4.78 is 46.2. The van der Waals surface area contributed by atoms with Crippen molar-refractivity contribution in [1.82, 2.24) is 9.97 Å². The van der Waals surface area contributed by atoms with Crippen molar-refractivity contribution in [1.29, 1.82) is 0 Å². The maximum atomic E-state index is 13.1. The van der Waals surface area contributed by atoms with E-state index in [1.807, 2.05) is 0 Å². The average molecular weight is 467 g/mol. The van der Waals surface area contributed by atoms with Gasteiger partial charge in [-0.25, -0.2) is 22.6 Å². The largest absolute Gasteiger partial charge is 0.451 e. The number of fused-ring (bicyclic) bond motifs is 1. The van der Waals surface area contributed by atoms with E-state index in [1.165, 1.54) is 19.1 Å². The number of anilines is 1. The van der Waals surface area contributed by atoms with Crippen molar-refractivity contribution in [2.45, 2.75) is 17.9 Å². The Hall–Kier alpha value is -4.05. The highest BCUT2D eigenvalue weighted by Crippen LogP contribution is 2.23. The molecule has 0 bridgehead atoms. The molecule has 0 fully saturated rings. The molecular weight excluding hydrogens is 449 g/mol. The Bertz CT molecular complexity index is 1500. The van der Waals surface area contributed by atoms with Gasteiger partial charge in [0.1, 0.15) is 5.82 Å². The second kappa shape index (κ2) is 8.83. The van der Waals surface area contributed by atoms with Crippen LogP contribution in [0.25, 0.3) is 10.9 Å². The lowest BCUT2D eigenvalue weighted by Gasteiger charge is -2.16. The highest BCUT2D eigenvalue weighted by molar-refractivity contribution is 7.92. The van der Waals surface area contributed by atoms with Crippen LogP contribution < -0.4 is 10.3 Å². The number of hydrogen-bond acceptors (Lipinski definition) is 6. The monoisotopic (exact) mass is 467 g/mol. The first kappa shape index (κ1) is 22.2. The van der Waals surface area contributed by atoms with Crippen LogP contribution in [0.15, 0.2) is 82.5 Å².